The molecule has 6 heteroatoms. The molecule has 1 N–H and O–H groups in total. The molecule has 4 rings (SSSR count). The van der Waals surface area contributed by atoms with Crippen molar-refractivity contribution in [2.75, 3.05) is 17.1 Å². The van der Waals surface area contributed by atoms with E-state index in [-0.39, 0.29) is 11.9 Å². The number of aryl methyl sites for hydroxylation is 1. The summed E-state index contributed by atoms with van der Waals surface area (Å²) in [5, 5.41) is 3.18. The van der Waals surface area contributed by atoms with Crippen molar-refractivity contribution in [1.29, 1.82) is 0 Å². The maximum absolute atomic E-state index is 13.1. The number of nitrogens with zero attached hydrogens (tertiary/aromatic N) is 1. The van der Waals surface area contributed by atoms with Gasteiger partial charge in [0.05, 0.1) is 18.0 Å². The summed E-state index contributed by atoms with van der Waals surface area (Å²) < 4.78 is 25.3. The highest BCUT2D eigenvalue weighted by Gasteiger charge is 2.27. The van der Waals surface area contributed by atoms with Crippen LogP contribution in [0.5, 0.6) is 0 Å². The SMILES string of the molecule is CS(=O)(=O)N1CCc2cc(C(=O)N[C@H](CCc3ccccc3)c3ccccc3)ccc21. The molecule has 0 bridgehead atoms. The maximum atomic E-state index is 13.1. The summed E-state index contributed by atoms with van der Waals surface area (Å²) in [5.74, 6) is -0.150. The van der Waals surface area contributed by atoms with Gasteiger partial charge in [-0.25, -0.2) is 8.42 Å². The summed E-state index contributed by atoms with van der Waals surface area (Å²) in [5.41, 5.74) is 4.41. The molecule has 0 aliphatic carbocycles. The number of benzene rings is 3. The molecule has 160 valence electrons. The molecule has 0 aromatic heterocycles. The van der Waals surface area contributed by atoms with E-state index in [2.05, 4.69) is 17.4 Å². The number of carbonyl (C=O) groups excluding carboxylic acids is 1. The van der Waals surface area contributed by atoms with Gasteiger partial charge < -0.3 is 5.32 Å². The van der Waals surface area contributed by atoms with Crippen LogP contribution in [0.2, 0.25) is 0 Å². The normalized spacial score (nSPS) is 14.2. The van der Waals surface area contributed by atoms with E-state index in [9.17, 15) is 13.2 Å². The number of anilines is 1. The van der Waals surface area contributed by atoms with E-state index >= 15 is 0 Å². The predicted molar refractivity (Wildman–Crippen MR) is 124 cm³/mol. The summed E-state index contributed by atoms with van der Waals surface area (Å²) in [6.07, 6.45) is 3.46. The van der Waals surface area contributed by atoms with Crippen LogP contribution in [0.15, 0.2) is 78.9 Å². The zero-order valence-electron chi connectivity index (χ0n) is 17.5. The number of sulfonamides is 1. The van der Waals surface area contributed by atoms with Crippen molar-refractivity contribution in [3.63, 3.8) is 0 Å². The van der Waals surface area contributed by atoms with Gasteiger partial charge in [-0.1, -0.05) is 60.7 Å². The van der Waals surface area contributed by atoms with Crippen LogP contribution in [0.25, 0.3) is 0 Å². The molecule has 31 heavy (non-hydrogen) atoms. The average molecular weight is 435 g/mol. The van der Waals surface area contributed by atoms with Gasteiger partial charge in [-0.05, 0) is 54.2 Å². The second-order valence-electron chi connectivity index (χ2n) is 7.89. The van der Waals surface area contributed by atoms with E-state index < -0.39 is 10.0 Å². The summed E-state index contributed by atoms with van der Waals surface area (Å²) >= 11 is 0. The number of rotatable bonds is 7. The number of hydrogen-bond acceptors (Lipinski definition) is 3. The van der Waals surface area contributed by atoms with Crippen LogP contribution in [0.3, 0.4) is 0 Å². The van der Waals surface area contributed by atoms with Crippen molar-refractivity contribution in [2.24, 2.45) is 0 Å². The molecule has 1 aliphatic heterocycles. The predicted octanol–water partition coefficient (Wildman–Crippen LogP) is 4.11. The third-order valence-electron chi connectivity index (χ3n) is 5.67. The maximum Gasteiger partial charge on any atom is 0.251 e. The van der Waals surface area contributed by atoms with Gasteiger partial charge in [0.15, 0.2) is 0 Å². The van der Waals surface area contributed by atoms with Gasteiger partial charge in [-0.15, -0.1) is 0 Å². The first kappa shape index (κ1) is 21.1. The zero-order chi connectivity index (χ0) is 21.8. The molecule has 3 aromatic rings. The summed E-state index contributed by atoms with van der Waals surface area (Å²) in [6, 6.07) is 25.4. The zero-order valence-corrected chi connectivity index (χ0v) is 18.3. The van der Waals surface area contributed by atoms with Crippen molar-refractivity contribution in [1.82, 2.24) is 5.32 Å². The molecular formula is C25H26N2O3S. The Morgan fingerprint density at radius 1 is 1.00 bits per heavy atom. The minimum absolute atomic E-state index is 0.116. The van der Waals surface area contributed by atoms with Crippen molar-refractivity contribution < 1.29 is 13.2 Å². The average Bonchev–Trinajstić information content (AvgIpc) is 3.21. The Bertz CT molecular complexity index is 1160. The Hall–Kier alpha value is -3.12. The van der Waals surface area contributed by atoms with Gasteiger partial charge in [0.1, 0.15) is 0 Å². The van der Waals surface area contributed by atoms with Gasteiger partial charge in [0, 0.05) is 12.1 Å². The van der Waals surface area contributed by atoms with E-state index in [1.165, 1.54) is 16.1 Å². The van der Waals surface area contributed by atoms with Crippen molar-refractivity contribution in [2.45, 2.75) is 25.3 Å². The van der Waals surface area contributed by atoms with Gasteiger partial charge in [-0.3, -0.25) is 9.10 Å². The van der Waals surface area contributed by atoms with Crippen LogP contribution in [0.1, 0.15) is 39.5 Å². The smallest absolute Gasteiger partial charge is 0.251 e. The van der Waals surface area contributed by atoms with E-state index in [4.69, 9.17) is 0 Å². The standard InChI is InChI=1S/C25H26N2O3S/c1-31(29,30)27-17-16-21-18-22(13-15-24(21)27)25(28)26-23(20-10-6-3-7-11-20)14-12-19-8-4-2-5-9-19/h2-11,13,15,18,23H,12,14,16-17H2,1H3,(H,26,28)/t23-/m1/s1. The molecule has 1 aliphatic rings. The Labute approximate surface area is 183 Å². The topological polar surface area (TPSA) is 66.5 Å². The first-order chi connectivity index (χ1) is 14.9. The molecule has 3 aromatic carbocycles. The Morgan fingerprint density at radius 3 is 2.35 bits per heavy atom. The fourth-order valence-electron chi connectivity index (χ4n) is 4.06. The molecule has 1 amide bonds. The lowest BCUT2D eigenvalue weighted by Gasteiger charge is -2.20. The van der Waals surface area contributed by atoms with E-state index in [0.29, 0.717) is 24.2 Å². The number of carbonyl (C=O) groups is 1. The number of fused-ring (bicyclic) bond motifs is 1. The summed E-state index contributed by atoms with van der Waals surface area (Å²) in [7, 11) is -3.31. The highest BCUT2D eigenvalue weighted by atomic mass is 32.2. The Kier molecular flexibility index (Phi) is 6.09. The molecule has 0 unspecified atom stereocenters. The Balaban J connectivity index is 1.52. The second kappa shape index (κ2) is 8.94. The van der Waals surface area contributed by atoms with Crippen LogP contribution >= 0.6 is 0 Å². The van der Waals surface area contributed by atoms with Crippen LogP contribution in [0, 0.1) is 0 Å². The minimum atomic E-state index is -3.31. The molecular weight excluding hydrogens is 408 g/mol. The first-order valence-corrected chi connectivity index (χ1v) is 12.3. The lowest BCUT2D eigenvalue weighted by Crippen LogP contribution is -2.29. The van der Waals surface area contributed by atoms with E-state index in [1.807, 2.05) is 54.6 Å². The minimum Gasteiger partial charge on any atom is -0.345 e. The number of hydrogen-bond donors (Lipinski definition) is 1. The van der Waals surface area contributed by atoms with Crippen LogP contribution < -0.4 is 9.62 Å². The largest absolute Gasteiger partial charge is 0.345 e. The molecule has 0 fully saturated rings. The molecule has 1 atom stereocenters. The lowest BCUT2D eigenvalue weighted by atomic mass is 9.98. The first-order valence-electron chi connectivity index (χ1n) is 10.4. The quantitative estimate of drug-likeness (QED) is 0.609. The molecule has 0 radical (unpaired) electrons. The van der Waals surface area contributed by atoms with Crippen molar-refractivity contribution in [3.8, 4) is 0 Å². The summed E-state index contributed by atoms with van der Waals surface area (Å²) in [6.45, 7) is 0.420. The van der Waals surface area contributed by atoms with Gasteiger partial charge >= 0.3 is 0 Å². The van der Waals surface area contributed by atoms with E-state index in [0.717, 1.165) is 24.0 Å². The number of nitrogens with one attached hydrogen (secondary N) is 1. The Morgan fingerprint density at radius 2 is 1.68 bits per heavy atom. The molecule has 0 saturated heterocycles. The van der Waals surface area contributed by atoms with Crippen LogP contribution in [0.4, 0.5) is 5.69 Å². The molecule has 0 saturated carbocycles. The van der Waals surface area contributed by atoms with Gasteiger partial charge in [-0.2, -0.15) is 0 Å². The van der Waals surface area contributed by atoms with Crippen molar-refractivity contribution >= 4 is 21.6 Å². The molecule has 0 spiro atoms. The molecule has 5 nitrogen and oxygen atoms in total. The number of amides is 1. The van der Waals surface area contributed by atoms with Crippen molar-refractivity contribution in [3.05, 3.63) is 101 Å². The highest BCUT2D eigenvalue weighted by Crippen LogP contribution is 2.31. The third kappa shape index (κ3) is 4.97. The fourth-order valence-corrected chi connectivity index (χ4v) is 5.02. The van der Waals surface area contributed by atoms with Crippen LogP contribution in [-0.4, -0.2) is 27.1 Å². The fraction of sp³-hybridized carbons (Fsp3) is 0.240. The molecule has 1 heterocycles. The monoisotopic (exact) mass is 434 g/mol. The lowest BCUT2D eigenvalue weighted by molar-refractivity contribution is 0.0934. The van der Waals surface area contributed by atoms with Gasteiger partial charge in [0.2, 0.25) is 10.0 Å². The van der Waals surface area contributed by atoms with Gasteiger partial charge in [0.25, 0.3) is 5.91 Å². The second-order valence-corrected chi connectivity index (χ2v) is 9.80. The third-order valence-corrected chi connectivity index (χ3v) is 6.85. The highest BCUT2D eigenvalue weighted by molar-refractivity contribution is 7.92. The van der Waals surface area contributed by atoms with E-state index in [1.54, 1.807) is 12.1 Å². The summed E-state index contributed by atoms with van der Waals surface area (Å²) in [4.78, 5) is 13.1. The van der Waals surface area contributed by atoms with Crippen LogP contribution in [-0.2, 0) is 22.9 Å².